The van der Waals surface area contributed by atoms with E-state index in [1.54, 1.807) is 13.0 Å². The highest BCUT2D eigenvalue weighted by atomic mass is 16.5. The van der Waals surface area contributed by atoms with Crippen LogP contribution >= 0.6 is 0 Å². The Morgan fingerprint density at radius 2 is 2.21 bits per heavy atom. The molecule has 0 aliphatic rings. The smallest absolute Gasteiger partial charge is 0.196 e. The Balaban J connectivity index is 2.73. The Labute approximate surface area is 83.3 Å². The van der Waals surface area contributed by atoms with E-state index in [1.165, 1.54) is 6.20 Å². The van der Waals surface area contributed by atoms with Crippen molar-refractivity contribution in [1.29, 1.82) is 0 Å². The lowest BCUT2D eigenvalue weighted by Gasteiger charge is -2.10. The molecular weight excluding hydrogens is 182 g/mol. The molecule has 4 heteroatoms. The number of hydrogen-bond donors (Lipinski definition) is 1. The summed E-state index contributed by atoms with van der Waals surface area (Å²) in [5.41, 5.74) is 1.49. The Bertz CT molecular complexity index is 312. The summed E-state index contributed by atoms with van der Waals surface area (Å²) in [6, 6.07) is 1.65. The number of hydrogen-bond acceptors (Lipinski definition) is 3. The van der Waals surface area contributed by atoms with Gasteiger partial charge in [0.05, 0.1) is 12.2 Å². The summed E-state index contributed by atoms with van der Waals surface area (Å²) < 4.78 is 6.21. The largest absolute Gasteiger partial charge is 0.618 e. The van der Waals surface area contributed by atoms with Gasteiger partial charge in [0.2, 0.25) is 0 Å². The Hall–Kier alpha value is -1.29. The van der Waals surface area contributed by atoms with E-state index in [0.717, 1.165) is 10.3 Å². The van der Waals surface area contributed by atoms with Crippen LogP contribution in [0.2, 0.25) is 0 Å². The molecule has 0 saturated heterocycles. The minimum atomic E-state index is 0.117. The highest BCUT2D eigenvalue weighted by Gasteiger charge is 2.09. The maximum atomic E-state index is 11.1. The quantitative estimate of drug-likeness (QED) is 0.439. The summed E-state index contributed by atoms with van der Waals surface area (Å²) in [4.78, 5) is 0. The SMILES string of the molecule is Cc1c(OCCCO)cc[n+]([O-])c1C. The molecule has 0 fully saturated rings. The van der Waals surface area contributed by atoms with Gasteiger partial charge in [0.25, 0.3) is 0 Å². The van der Waals surface area contributed by atoms with Gasteiger partial charge in [-0.1, -0.05) is 0 Å². The number of aliphatic hydroxyl groups excluding tert-OH is 1. The summed E-state index contributed by atoms with van der Waals surface area (Å²) in [6.45, 7) is 4.19. The van der Waals surface area contributed by atoms with Crippen molar-refractivity contribution in [3.63, 3.8) is 0 Å². The van der Waals surface area contributed by atoms with E-state index < -0.39 is 0 Å². The number of aromatic nitrogens is 1. The van der Waals surface area contributed by atoms with Crippen molar-refractivity contribution in [2.24, 2.45) is 0 Å². The molecule has 0 aliphatic carbocycles. The number of rotatable bonds is 4. The summed E-state index contributed by atoms with van der Waals surface area (Å²) in [7, 11) is 0. The van der Waals surface area contributed by atoms with Crippen LogP contribution in [0.5, 0.6) is 5.75 Å². The summed E-state index contributed by atoms with van der Waals surface area (Å²) >= 11 is 0. The molecular formula is C10H15NO3. The number of nitrogens with zero attached hydrogens (tertiary/aromatic N) is 1. The van der Waals surface area contributed by atoms with E-state index in [4.69, 9.17) is 9.84 Å². The molecule has 1 rings (SSSR count). The van der Waals surface area contributed by atoms with Gasteiger partial charge >= 0.3 is 0 Å². The van der Waals surface area contributed by atoms with E-state index in [2.05, 4.69) is 0 Å². The van der Waals surface area contributed by atoms with Gasteiger partial charge in [0, 0.05) is 26.0 Å². The summed E-state index contributed by atoms with van der Waals surface area (Å²) in [5.74, 6) is 0.711. The number of pyridine rings is 1. The second kappa shape index (κ2) is 4.81. The first-order valence-electron chi connectivity index (χ1n) is 4.60. The van der Waals surface area contributed by atoms with E-state index in [1.807, 2.05) is 6.92 Å². The van der Waals surface area contributed by atoms with Gasteiger partial charge in [-0.3, -0.25) is 0 Å². The van der Waals surface area contributed by atoms with Crippen LogP contribution in [0.25, 0.3) is 0 Å². The molecule has 0 spiro atoms. The van der Waals surface area contributed by atoms with Crippen molar-refractivity contribution in [1.82, 2.24) is 0 Å². The predicted molar refractivity (Wildman–Crippen MR) is 52.1 cm³/mol. The van der Waals surface area contributed by atoms with Crippen molar-refractivity contribution < 1.29 is 14.6 Å². The predicted octanol–water partition coefficient (Wildman–Crippen LogP) is 0.698. The second-order valence-electron chi connectivity index (χ2n) is 3.14. The van der Waals surface area contributed by atoms with E-state index in [9.17, 15) is 5.21 Å². The van der Waals surface area contributed by atoms with Crippen LogP contribution in [0, 0.1) is 19.1 Å². The van der Waals surface area contributed by atoms with Crippen molar-refractivity contribution >= 4 is 0 Å². The monoisotopic (exact) mass is 197 g/mol. The van der Waals surface area contributed by atoms with Gasteiger partial charge in [0.15, 0.2) is 11.9 Å². The number of ether oxygens (including phenoxy) is 1. The third-order valence-corrected chi connectivity index (χ3v) is 2.16. The van der Waals surface area contributed by atoms with Gasteiger partial charge < -0.3 is 15.1 Å². The van der Waals surface area contributed by atoms with E-state index in [0.29, 0.717) is 24.5 Å². The third kappa shape index (κ3) is 2.35. The first-order valence-corrected chi connectivity index (χ1v) is 4.60. The molecule has 1 N–H and O–H groups in total. The molecule has 0 bridgehead atoms. The highest BCUT2D eigenvalue weighted by molar-refractivity contribution is 5.31. The molecule has 0 aliphatic heterocycles. The first-order chi connectivity index (χ1) is 6.66. The zero-order chi connectivity index (χ0) is 10.6. The molecule has 1 aromatic rings. The van der Waals surface area contributed by atoms with Crippen molar-refractivity contribution in [2.75, 3.05) is 13.2 Å². The topological polar surface area (TPSA) is 56.4 Å². The van der Waals surface area contributed by atoms with E-state index >= 15 is 0 Å². The lowest BCUT2D eigenvalue weighted by atomic mass is 10.2. The number of aliphatic hydroxyl groups is 1. The standard InChI is InChI=1S/C10H15NO3/c1-8-9(2)11(13)5-4-10(8)14-7-3-6-12/h4-5,12H,3,6-7H2,1-2H3. The zero-order valence-electron chi connectivity index (χ0n) is 8.49. The van der Waals surface area contributed by atoms with Crippen LogP contribution < -0.4 is 9.47 Å². The fourth-order valence-corrected chi connectivity index (χ4v) is 1.12. The third-order valence-electron chi connectivity index (χ3n) is 2.16. The summed E-state index contributed by atoms with van der Waals surface area (Å²) in [5, 5.41) is 19.7. The fourth-order valence-electron chi connectivity index (χ4n) is 1.12. The molecule has 0 unspecified atom stereocenters. The van der Waals surface area contributed by atoms with Crippen LogP contribution in [0.4, 0.5) is 0 Å². The molecule has 4 nitrogen and oxygen atoms in total. The lowest BCUT2D eigenvalue weighted by molar-refractivity contribution is -0.612. The minimum Gasteiger partial charge on any atom is -0.618 e. The van der Waals surface area contributed by atoms with Crippen LogP contribution in [0.3, 0.4) is 0 Å². The molecule has 1 heterocycles. The molecule has 78 valence electrons. The van der Waals surface area contributed by atoms with Crippen molar-refractivity contribution in [3.8, 4) is 5.75 Å². The molecule has 0 atom stereocenters. The Kier molecular flexibility index (Phi) is 3.71. The fraction of sp³-hybridized carbons (Fsp3) is 0.500. The van der Waals surface area contributed by atoms with E-state index in [-0.39, 0.29) is 6.61 Å². The second-order valence-corrected chi connectivity index (χ2v) is 3.14. The normalized spacial score (nSPS) is 10.2. The Morgan fingerprint density at radius 1 is 1.50 bits per heavy atom. The molecule has 14 heavy (non-hydrogen) atoms. The molecule has 0 radical (unpaired) electrons. The molecule has 0 amide bonds. The lowest BCUT2D eigenvalue weighted by Crippen LogP contribution is -2.30. The van der Waals surface area contributed by atoms with Gasteiger partial charge in [-0.25, -0.2) is 0 Å². The first kappa shape index (κ1) is 10.8. The average molecular weight is 197 g/mol. The van der Waals surface area contributed by atoms with Crippen LogP contribution in [-0.2, 0) is 0 Å². The molecule has 0 saturated carbocycles. The Morgan fingerprint density at radius 3 is 2.86 bits per heavy atom. The minimum absolute atomic E-state index is 0.117. The van der Waals surface area contributed by atoms with Gasteiger partial charge in [-0.2, -0.15) is 4.73 Å². The summed E-state index contributed by atoms with van der Waals surface area (Å²) in [6.07, 6.45) is 2.03. The van der Waals surface area contributed by atoms with Gasteiger partial charge in [-0.15, -0.1) is 0 Å². The average Bonchev–Trinajstić information content (AvgIpc) is 2.18. The van der Waals surface area contributed by atoms with Crippen molar-refractivity contribution in [2.45, 2.75) is 20.3 Å². The van der Waals surface area contributed by atoms with Crippen molar-refractivity contribution in [3.05, 3.63) is 28.7 Å². The zero-order valence-corrected chi connectivity index (χ0v) is 8.49. The molecule has 0 aromatic carbocycles. The van der Waals surface area contributed by atoms with Gasteiger partial charge in [0.1, 0.15) is 5.75 Å². The maximum absolute atomic E-state index is 11.1. The van der Waals surface area contributed by atoms with Crippen LogP contribution in [0.15, 0.2) is 12.3 Å². The van der Waals surface area contributed by atoms with Crippen LogP contribution in [-0.4, -0.2) is 18.3 Å². The van der Waals surface area contributed by atoms with Crippen LogP contribution in [0.1, 0.15) is 17.7 Å². The maximum Gasteiger partial charge on any atom is 0.196 e. The highest BCUT2D eigenvalue weighted by Crippen LogP contribution is 2.17. The van der Waals surface area contributed by atoms with Gasteiger partial charge in [-0.05, 0) is 6.92 Å². The molecule has 1 aromatic heterocycles.